The van der Waals surface area contributed by atoms with E-state index < -0.39 is 6.03 Å². The van der Waals surface area contributed by atoms with Crippen LogP contribution >= 0.6 is 23.2 Å². The monoisotopic (exact) mass is 328 g/mol. The lowest BCUT2D eigenvalue weighted by Crippen LogP contribution is -2.55. The molecule has 0 aliphatic carbocycles. The number of benzene rings is 1. The highest BCUT2D eigenvalue weighted by Crippen LogP contribution is 2.31. The fraction of sp³-hybridized carbons (Fsp3) is 0.467. The van der Waals surface area contributed by atoms with Crippen LogP contribution in [0.2, 0.25) is 10.0 Å². The average molecular weight is 329 g/mol. The van der Waals surface area contributed by atoms with Crippen LogP contribution in [0.25, 0.3) is 0 Å². The highest BCUT2D eigenvalue weighted by atomic mass is 35.5. The lowest BCUT2D eigenvalue weighted by molar-refractivity contribution is -0.123. The van der Waals surface area contributed by atoms with E-state index in [2.05, 4.69) is 26.1 Å². The second-order valence-electron chi connectivity index (χ2n) is 6.45. The summed E-state index contributed by atoms with van der Waals surface area (Å²) in [5.74, 6) is -0.465. The molecule has 1 aromatic carbocycles. The van der Waals surface area contributed by atoms with Crippen molar-refractivity contribution >= 4 is 40.8 Å². The molecular weight excluding hydrogens is 311 g/mol. The summed E-state index contributed by atoms with van der Waals surface area (Å²) in [5, 5.41) is 3.52. The molecule has 4 nitrogen and oxygen atoms in total. The van der Waals surface area contributed by atoms with Crippen molar-refractivity contribution in [1.29, 1.82) is 0 Å². The maximum atomic E-state index is 12.6. The Morgan fingerprint density at radius 3 is 2.29 bits per heavy atom. The number of halogens is 2. The van der Waals surface area contributed by atoms with E-state index in [1.807, 2.05) is 0 Å². The highest BCUT2D eigenvalue weighted by Gasteiger charge is 2.37. The topological polar surface area (TPSA) is 49.4 Å². The van der Waals surface area contributed by atoms with Crippen molar-refractivity contribution < 1.29 is 9.59 Å². The molecule has 1 aliphatic rings. The molecule has 1 atom stereocenters. The lowest BCUT2D eigenvalue weighted by Gasteiger charge is -2.34. The number of hydrogen-bond acceptors (Lipinski definition) is 2. The number of anilines is 1. The number of carbonyl (C=O) groups is 2. The Hall–Kier alpha value is -1.26. The number of nitrogens with zero attached hydrogens (tertiary/aromatic N) is 1. The third-order valence-electron chi connectivity index (χ3n) is 3.24. The van der Waals surface area contributed by atoms with Crippen LogP contribution in [0.5, 0.6) is 0 Å². The van der Waals surface area contributed by atoms with Gasteiger partial charge in [-0.3, -0.25) is 4.79 Å². The molecule has 1 fully saturated rings. The zero-order valence-corrected chi connectivity index (χ0v) is 13.8. The van der Waals surface area contributed by atoms with Gasteiger partial charge in [-0.1, -0.05) is 44.0 Å². The van der Waals surface area contributed by atoms with Gasteiger partial charge < -0.3 is 5.32 Å². The van der Waals surface area contributed by atoms with Crippen molar-refractivity contribution in [2.75, 3.05) is 11.4 Å². The first-order chi connectivity index (χ1) is 9.67. The lowest BCUT2D eigenvalue weighted by atomic mass is 9.83. The Bertz CT molecular complexity index is 561. The molecule has 114 valence electrons. The molecule has 1 saturated heterocycles. The van der Waals surface area contributed by atoms with Crippen LogP contribution in [0.3, 0.4) is 0 Å². The van der Waals surface area contributed by atoms with E-state index in [9.17, 15) is 9.59 Å². The second kappa shape index (κ2) is 5.85. The van der Waals surface area contributed by atoms with Gasteiger partial charge in [-0.25, -0.2) is 9.69 Å². The van der Waals surface area contributed by atoms with Crippen LogP contribution in [0.4, 0.5) is 10.5 Å². The van der Waals surface area contributed by atoms with Gasteiger partial charge in [0.2, 0.25) is 5.91 Å². The zero-order chi connectivity index (χ0) is 15.8. The number of imide groups is 1. The van der Waals surface area contributed by atoms with E-state index in [4.69, 9.17) is 23.2 Å². The third-order valence-corrected chi connectivity index (χ3v) is 3.67. The van der Waals surface area contributed by atoms with Crippen LogP contribution in [0.1, 0.15) is 27.2 Å². The first-order valence-electron chi connectivity index (χ1n) is 6.75. The maximum Gasteiger partial charge on any atom is 0.328 e. The van der Waals surface area contributed by atoms with Crippen molar-refractivity contribution in [3.63, 3.8) is 0 Å². The minimum Gasteiger partial charge on any atom is -0.337 e. The molecule has 0 aromatic heterocycles. The molecule has 1 N–H and O–H groups in total. The van der Waals surface area contributed by atoms with E-state index in [-0.39, 0.29) is 17.2 Å². The minimum atomic E-state index is -0.441. The van der Waals surface area contributed by atoms with Crippen molar-refractivity contribution in [3.05, 3.63) is 28.2 Å². The van der Waals surface area contributed by atoms with Crippen molar-refractivity contribution in [3.8, 4) is 0 Å². The molecule has 0 bridgehead atoms. The summed E-state index contributed by atoms with van der Waals surface area (Å²) in [6, 6.07) is 4.24. The summed E-state index contributed by atoms with van der Waals surface area (Å²) in [4.78, 5) is 25.8. The van der Waals surface area contributed by atoms with Gasteiger partial charge in [-0.2, -0.15) is 0 Å². The highest BCUT2D eigenvalue weighted by molar-refractivity contribution is 6.35. The van der Waals surface area contributed by atoms with Crippen LogP contribution < -0.4 is 10.2 Å². The largest absolute Gasteiger partial charge is 0.337 e. The molecule has 0 radical (unpaired) electrons. The molecule has 2 rings (SSSR count). The van der Waals surface area contributed by atoms with Crippen molar-refractivity contribution in [1.82, 2.24) is 5.32 Å². The summed E-state index contributed by atoms with van der Waals surface area (Å²) < 4.78 is 0. The summed E-state index contributed by atoms with van der Waals surface area (Å²) in [6.45, 7) is 6.56. The standard InChI is InChI=1S/C15H18Cl2N2O2/c1-15(2,3)7-9-8-18-14(21)19(13(9)20)12-5-10(16)4-11(17)6-12/h4-6,9H,7-8H2,1-3H3,(H,18,21). The minimum absolute atomic E-state index is 0.0000419. The van der Waals surface area contributed by atoms with Gasteiger partial charge in [0.15, 0.2) is 0 Å². The summed E-state index contributed by atoms with van der Waals surface area (Å²) in [7, 11) is 0. The molecule has 1 aliphatic heterocycles. The predicted molar refractivity (Wildman–Crippen MR) is 84.9 cm³/mol. The number of rotatable bonds is 2. The van der Waals surface area contributed by atoms with Crippen LogP contribution in [-0.4, -0.2) is 18.5 Å². The van der Waals surface area contributed by atoms with Crippen LogP contribution in [-0.2, 0) is 4.79 Å². The third kappa shape index (κ3) is 3.89. The van der Waals surface area contributed by atoms with Gasteiger partial charge in [-0.05, 0) is 30.0 Å². The average Bonchev–Trinajstić information content (AvgIpc) is 2.30. The molecule has 21 heavy (non-hydrogen) atoms. The first-order valence-corrected chi connectivity index (χ1v) is 7.51. The van der Waals surface area contributed by atoms with E-state index in [1.54, 1.807) is 18.2 Å². The Kier molecular flexibility index (Phi) is 4.49. The van der Waals surface area contributed by atoms with Gasteiger partial charge in [0, 0.05) is 16.6 Å². The zero-order valence-electron chi connectivity index (χ0n) is 12.2. The maximum absolute atomic E-state index is 12.6. The van der Waals surface area contributed by atoms with E-state index in [1.165, 1.54) is 0 Å². The SMILES string of the molecule is CC(C)(C)CC1CNC(=O)N(c2cc(Cl)cc(Cl)c2)C1=O. The number of nitrogens with one attached hydrogen (secondary N) is 1. The van der Waals surface area contributed by atoms with Gasteiger partial charge in [0.1, 0.15) is 0 Å². The van der Waals surface area contributed by atoms with E-state index >= 15 is 0 Å². The Morgan fingerprint density at radius 1 is 1.19 bits per heavy atom. The fourth-order valence-corrected chi connectivity index (χ4v) is 2.99. The predicted octanol–water partition coefficient (Wildman–Crippen LogP) is 4.10. The Balaban J connectivity index is 2.32. The molecule has 1 aromatic rings. The van der Waals surface area contributed by atoms with Gasteiger partial charge in [0.05, 0.1) is 11.6 Å². The molecule has 0 saturated carbocycles. The van der Waals surface area contributed by atoms with E-state index in [0.717, 1.165) is 4.90 Å². The molecule has 0 spiro atoms. The molecule has 1 unspecified atom stereocenters. The van der Waals surface area contributed by atoms with Crippen molar-refractivity contribution in [2.24, 2.45) is 11.3 Å². The number of urea groups is 1. The van der Waals surface area contributed by atoms with Crippen LogP contribution in [0, 0.1) is 11.3 Å². The number of amides is 3. The number of carbonyl (C=O) groups excluding carboxylic acids is 2. The van der Waals surface area contributed by atoms with Crippen molar-refractivity contribution in [2.45, 2.75) is 27.2 Å². The van der Waals surface area contributed by atoms with E-state index in [0.29, 0.717) is 28.7 Å². The summed E-state index contributed by atoms with van der Waals surface area (Å²) in [5.41, 5.74) is 0.397. The van der Waals surface area contributed by atoms with Gasteiger partial charge in [0.25, 0.3) is 0 Å². The quantitative estimate of drug-likeness (QED) is 0.888. The van der Waals surface area contributed by atoms with Gasteiger partial charge >= 0.3 is 6.03 Å². The Labute approximate surface area is 134 Å². The summed E-state index contributed by atoms with van der Waals surface area (Å²) >= 11 is 11.9. The molecule has 3 amide bonds. The normalized spacial score (nSPS) is 19.7. The summed E-state index contributed by atoms with van der Waals surface area (Å²) in [6.07, 6.45) is 0.691. The van der Waals surface area contributed by atoms with Gasteiger partial charge in [-0.15, -0.1) is 0 Å². The molecule has 6 heteroatoms. The first kappa shape index (κ1) is 16.1. The Morgan fingerprint density at radius 2 is 1.76 bits per heavy atom. The van der Waals surface area contributed by atoms with Crippen LogP contribution in [0.15, 0.2) is 18.2 Å². The smallest absolute Gasteiger partial charge is 0.328 e. The number of hydrogen-bond donors (Lipinski definition) is 1. The molecular formula is C15H18Cl2N2O2. The second-order valence-corrected chi connectivity index (χ2v) is 7.32. The molecule has 1 heterocycles. The fourth-order valence-electron chi connectivity index (χ4n) is 2.47.